The third-order valence-electron chi connectivity index (χ3n) is 3.34. The van der Waals surface area contributed by atoms with Crippen molar-refractivity contribution in [1.82, 2.24) is 14.8 Å². The second-order valence-corrected chi connectivity index (χ2v) is 6.01. The molecule has 0 amide bonds. The maximum absolute atomic E-state index is 13.7. The molecule has 0 unspecified atom stereocenters. The van der Waals surface area contributed by atoms with Crippen LogP contribution < -0.4 is 0 Å². The van der Waals surface area contributed by atoms with Gasteiger partial charge in [-0.1, -0.05) is 0 Å². The van der Waals surface area contributed by atoms with Gasteiger partial charge in [0.15, 0.2) is 5.69 Å². The topological polar surface area (TPSA) is 57.0 Å². The van der Waals surface area contributed by atoms with Crippen LogP contribution in [0.5, 0.6) is 0 Å². The van der Waals surface area contributed by atoms with E-state index in [-0.39, 0.29) is 11.3 Å². The first kappa shape index (κ1) is 16.3. The number of carbonyl (C=O) groups excluding carboxylic acids is 1. The molecule has 0 fully saturated rings. The molecule has 0 aliphatic carbocycles. The standard InChI is InChI=1S/C16H13F2N3O2S/c1-9(12-5-11(17)3-4-13(12)18)23-16(22)14-8-24-15(20-14)10-6-19-21(2)7-10/h3-9H,1-2H3/t9-/m0/s1. The number of ether oxygens (including phenoxy) is 1. The smallest absolute Gasteiger partial charge is 0.358 e. The van der Waals surface area contributed by atoms with E-state index in [2.05, 4.69) is 10.1 Å². The molecule has 24 heavy (non-hydrogen) atoms. The summed E-state index contributed by atoms with van der Waals surface area (Å²) < 4.78 is 33.8. The van der Waals surface area contributed by atoms with Crippen LogP contribution in [0, 0.1) is 11.6 Å². The van der Waals surface area contributed by atoms with Crippen molar-refractivity contribution in [2.75, 3.05) is 0 Å². The van der Waals surface area contributed by atoms with Crippen molar-refractivity contribution in [2.24, 2.45) is 7.05 Å². The number of hydrogen-bond acceptors (Lipinski definition) is 5. The lowest BCUT2D eigenvalue weighted by Crippen LogP contribution is -2.11. The van der Waals surface area contributed by atoms with E-state index in [1.807, 2.05) is 0 Å². The summed E-state index contributed by atoms with van der Waals surface area (Å²) in [5.74, 6) is -1.93. The Morgan fingerprint density at radius 2 is 2.17 bits per heavy atom. The first-order valence-corrected chi connectivity index (χ1v) is 7.92. The largest absolute Gasteiger partial charge is 0.453 e. The number of aromatic nitrogens is 3. The van der Waals surface area contributed by atoms with E-state index in [1.54, 1.807) is 29.5 Å². The molecule has 5 nitrogen and oxygen atoms in total. The molecule has 3 aromatic rings. The van der Waals surface area contributed by atoms with Gasteiger partial charge >= 0.3 is 5.97 Å². The van der Waals surface area contributed by atoms with Crippen LogP contribution in [-0.4, -0.2) is 20.7 Å². The second kappa shape index (κ2) is 6.48. The predicted octanol–water partition coefficient (Wildman–Crippen LogP) is 3.74. The first-order chi connectivity index (χ1) is 11.4. The summed E-state index contributed by atoms with van der Waals surface area (Å²) in [7, 11) is 1.78. The highest BCUT2D eigenvalue weighted by Crippen LogP contribution is 2.26. The van der Waals surface area contributed by atoms with Gasteiger partial charge in [-0.3, -0.25) is 4.68 Å². The molecule has 0 aliphatic rings. The van der Waals surface area contributed by atoms with Gasteiger partial charge in [0.1, 0.15) is 22.7 Å². The van der Waals surface area contributed by atoms with Gasteiger partial charge < -0.3 is 4.74 Å². The van der Waals surface area contributed by atoms with Crippen molar-refractivity contribution in [3.8, 4) is 10.6 Å². The highest BCUT2D eigenvalue weighted by atomic mass is 32.1. The van der Waals surface area contributed by atoms with Crippen molar-refractivity contribution in [1.29, 1.82) is 0 Å². The molecule has 0 saturated carbocycles. The number of aryl methyl sites for hydroxylation is 1. The summed E-state index contributed by atoms with van der Waals surface area (Å²) in [6.45, 7) is 1.48. The van der Waals surface area contributed by atoms with Crippen molar-refractivity contribution in [3.63, 3.8) is 0 Å². The summed E-state index contributed by atoms with van der Waals surface area (Å²) in [6, 6.07) is 3.02. The maximum Gasteiger partial charge on any atom is 0.358 e. The summed E-state index contributed by atoms with van der Waals surface area (Å²) in [5.41, 5.74) is 0.874. The number of rotatable bonds is 4. The van der Waals surface area contributed by atoms with Crippen LogP contribution >= 0.6 is 11.3 Å². The molecule has 0 saturated heterocycles. The van der Waals surface area contributed by atoms with Crippen LogP contribution in [-0.2, 0) is 11.8 Å². The molecular formula is C16H13F2N3O2S. The number of hydrogen-bond donors (Lipinski definition) is 0. The van der Waals surface area contributed by atoms with Crippen LogP contribution in [0.1, 0.15) is 29.1 Å². The number of esters is 1. The van der Waals surface area contributed by atoms with E-state index in [1.165, 1.54) is 18.3 Å². The van der Waals surface area contributed by atoms with E-state index in [4.69, 9.17) is 4.74 Å². The average Bonchev–Trinajstić information content (AvgIpc) is 3.18. The second-order valence-electron chi connectivity index (χ2n) is 5.15. The number of thiazole rings is 1. The van der Waals surface area contributed by atoms with Crippen LogP contribution in [0.2, 0.25) is 0 Å². The van der Waals surface area contributed by atoms with E-state index in [9.17, 15) is 13.6 Å². The third kappa shape index (κ3) is 3.33. The SMILES string of the molecule is C[C@H](OC(=O)c1csc(-c2cnn(C)c2)n1)c1cc(F)ccc1F. The third-order valence-corrected chi connectivity index (χ3v) is 4.24. The summed E-state index contributed by atoms with van der Waals surface area (Å²) >= 11 is 1.27. The summed E-state index contributed by atoms with van der Waals surface area (Å²) in [5, 5.41) is 6.22. The fraction of sp³-hybridized carbons (Fsp3) is 0.188. The van der Waals surface area contributed by atoms with Gasteiger partial charge in [-0.25, -0.2) is 18.6 Å². The number of carbonyl (C=O) groups is 1. The van der Waals surface area contributed by atoms with Crippen molar-refractivity contribution in [3.05, 3.63) is 58.9 Å². The maximum atomic E-state index is 13.7. The highest BCUT2D eigenvalue weighted by molar-refractivity contribution is 7.13. The zero-order chi connectivity index (χ0) is 17.3. The van der Waals surface area contributed by atoms with Crippen molar-refractivity contribution < 1.29 is 18.3 Å². The molecule has 2 aromatic heterocycles. The lowest BCUT2D eigenvalue weighted by atomic mass is 10.1. The van der Waals surface area contributed by atoms with Gasteiger partial charge in [-0.05, 0) is 25.1 Å². The van der Waals surface area contributed by atoms with Crippen LogP contribution in [0.15, 0.2) is 36.0 Å². The molecule has 0 aliphatic heterocycles. The van der Waals surface area contributed by atoms with Gasteiger partial charge in [0.25, 0.3) is 0 Å². The van der Waals surface area contributed by atoms with E-state index in [0.29, 0.717) is 5.01 Å². The molecule has 0 spiro atoms. The normalized spacial score (nSPS) is 12.2. The predicted molar refractivity (Wildman–Crippen MR) is 84.5 cm³/mol. The van der Waals surface area contributed by atoms with Crippen molar-refractivity contribution >= 4 is 17.3 Å². The fourth-order valence-electron chi connectivity index (χ4n) is 2.14. The fourth-order valence-corrected chi connectivity index (χ4v) is 2.91. The summed E-state index contributed by atoms with van der Waals surface area (Å²) in [4.78, 5) is 16.4. The molecule has 124 valence electrons. The number of halogens is 2. The molecule has 2 heterocycles. The van der Waals surface area contributed by atoms with Crippen LogP contribution in [0.3, 0.4) is 0 Å². The minimum Gasteiger partial charge on any atom is -0.453 e. The van der Waals surface area contributed by atoms with E-state index < -0.39 is 23.7 Å². The minimum atomic E-state index is -0.934. The first-order valence-electron chi connectivity index (χ1n) is 7.04. The lowest BCUT2D eigenvalue weighted by Gasteiger charge is -2.13. The van der Waals surface area contributed by atoms with E-state index >= 15 is 0 Å². The Kier molecular flexibility index (Phi) is 4.39. The Balaban J connectivity index is 1.75. The Morgan fingerprint density at radius 1 is 1.38 bits per heavy atom. The molecule has 3 rings (SSSR count). The van der Waals surface area contributed by atoms with Gasteiger partial charge in [0.05, 0.1) is 6.20 Å². The molecule has 1 atom stereocenters. The number of nitrogens with zero attached hydrogens (tertiary/aromatic N) is 3. The summed E-state index contributed by atoms with van der Waals surface area (Å²) in [6.07, 6.45) is 2.48. The Labute approximate surface area is 140 Å². The highest BCUT2D eigenvalue weighted by Gasteiger charge is 2.20. The van der Waals surface area contributed by atoms with E-state index in [0.717, 1.165) is 23.8 Å². The van der Waals surface area contributed by atoms with Gasteiger partial charge in [0.2, 0.25) is 0 Å². The average molecular weight is 349 g/mol. The van der Waals surface area contributed by atoms with Gasteiger partial charge in [-0.2, -0.15) is 5.10 Å². The van der Waals surface area contributed by atoms with Gasteiger partial charge in [0, 0.05) is 29.8 Å². The van der Waals surface area contributed by atoms with Crippen molar-refractivity contribution in [2.45, 2.75) is 13.0 Å². The molecule has 8 heteroatoms. The van der Waals surface area contributed by atoms with Crippen LogP contribution in [0.25, 0.3) is 10.6 Å². The Hall–Kier alpha value is -2.61. The zero-order valence-corrected chi connectivity index (χ0v) is 13.7. The van der Waals surface area contributed by atoms with Gasteiger partial charge in [-0.15, -0.1) is 11.3 Å². The molecule has 0 bridgehead atoms. The van der Waals surface area contributed by atoms with Crippen LogP contribution in [0.4, 0.5) is 8.78 Å². The monoisotopic (exact) mass is 349 g/mol. The number of benzene rings is 1. The molecule has 0 radical (unpaired) electrons. The molecule has 0 N–H and O–H groups in total. The Bertz CT molecular complexity index is 891. The molecular weight excluding hydrogens is 336 g/mol. The molecule has 1 aromatic carbocycles. The minimum absolute atomic E-state index is 0.0222. The lowest BCUT2D eigenvalue weighted by molar-refractivity contribution is 0.0324. The zero-order valence-electron chi connectivity index (χ0n) is 12.9. The quantitative estimate of drug-likeness (QED) is 0.673. The Morgan fingerprint density at radius 3 is 2.88 bits per heavy atom.